The molecule has 0 aliphatic heterocycles. The van der Waals surface area contributed by atoms with E-state index in [1.165, 1.54) is 0 Å². The standard InChI is InChI=1S/C11H12ClN3O/c12-11-9(3-5-16-11)10(15-13)6-8-2-1-4-14-7-8/h1-5,7,10,15H,6,13H2. The number of furan rings is 1. The van der Waals surface area contributed by atoms with Crippen molar-refractivity contribution in [3.05, 3.63) is 53.2 Å². The third-order valence-electron chi connectivity index (χ3n) is 2.39. The lowest BCUT2D eigenvalue weighted by Crippen LogP contribution is -2.29. The third-order valence-corrected chi connectivity index (χ3v) is 2.69. The van der Waals surface area contributed by atoms with Crippen molar-refractivity contribution in [1.82, 2.24) is 10.4 Å². The monoisotopic (exact) mass is 237 g/mol. The van der Waals surface area contributed by atoms with Crippen LogP contribution in [0.2, 0.25) is 5.22 Å². The van der Waals surface area contributed by atoms with Crippen LogP contribution in [0.5, 0.6) is 0 Å². The molecule has 0 spiro atoms. The smallest absolute Gasteiger partial charge is 0.197 e. The van der Waals surface area contributed by atoms with Crippen LogP contribution in [0.4, 0.5) is 0 Å². The number of nitrogens with zero attached hydrogens (tertiary/aromatic N) is 1. The van der Waals surface area contributed by atoms with Gasteiger partial charge in [0.05, 0.1) is 12.3 Å². The molecule has 2 rings (SSSR count). The summed E-state index contributed by atoms with van der Waals surface area (Å²) in [6.07, 6.45) is 5.80. The minimum atomic E-state index is -0.0737. The summed E-state index contributed by atoms with van der Waals surface area (Å²) in [6.45, 7) is 0. The predicted octanol–water partition coefficient (Wildman–Crippen LogP) is 2.08. The minimum Gasteiger partial charge on any atom is -0.453 e. The number of halogens is 1. The Morgan fingerprint density at radius 1 is 1.50 bits per heavy atom. The highest BCUT2D eigenvalue weighted by Crippen LogP contribution is 2.25. The van der Waals surface area contributed by atoms with Crippen LogP contribution in [0.25, 0.3) is 0 Å². The molecule has 4 nitrogen and oxygen atoms in total. The van der Waals surface area contributed by atoms with Crippen molar-refractivity contribution < 1.29 is 4.42 Å². The van der Waals surface area contributed by atoms with Gasteiger partial charge in [-0.25, -0.2) is 0 Å². The summed E-state index contributed by atoms with van der Waals surface area (Å²) in [5.74, 6) is 5.51. The highest BCUT2D eigenvalue weighted by atomic mass is 35.5. The van der Waals surface area contributed by atoms with Crippen LogP contribution in [-0.4, -0.2) is 4.98 Å². The average Bonchev–Trinajstić information content (AvgIpc) is 2.74. The van der Waals surface area contributed by atoms with Gasteiger partial charge in [0, 0.05) is 18.0 Å². The van der Waals surface area contributed by atoms with E-state index in [9.17, 15) is 0 Å². The van der Waals surface area contributed by atoms with Crippen molar-refractivity contribution in [2.45, 2.75) is 12.5 Å². The van der Waals surface area contributed by atoms with Crippen LogP contribution in [-0.2, 0) is 6.42 Å². The molecule has 0 aliphatic rings. The first-order chi connectivity index (χ1) is 7.81. The molecule has 3 N–H and O–H groups in total. The summed E-state index contributed by atoms with van der Waals surface area (Å²) in [6, 6.07) is 5.62. The molecule has 0 aliphatic carbocycles. The Morgan fingerprint density at radius 2 is 2.38 bits per heavy atom. The Bertz CT molecular complexity index is 444. The number of nitrogens with two attached hydrogens (primary N) is 1. The van der Waals surface area contributed by atoms with E-state index in [0.717, 1.165) is 11.1 Å². The first-order valence-corrected chi connectivity index (χ1v) is 5.27. The first-order valence-electron chi connectivity index (χ1n) is 4.89. The minimum absolute atomic E-state index is 0.0737. The lowest BCUT2D eigenvalue weighted by atomic mass is 10.0. The molecule has 1 atom stereocenters. The summed E-state index contributed by atoms with van der Waals surface area (Å²) in [5.41, 5.74) is 4.66. The molecule has 16 heavy (non-hydrogen) atoms. The maximum Gasteiger partial charge on any atom is 0.197 e. The Labute approximate surface area is 98.4 Å². The van der Waals surface area contributed by atoms with Crippen molar-refractivity contribution in [2.24, 2.45) is 5.84 Å². The SMILES string of the molecule is NNC(Cc1cccnc1)c1ccoc1Cl. The third kappa shape index (κ3) is 2.41. The zero-order chi connectivity index (χ0) is 11.4. The molecule has 0 radical (unpaired) electrons. The van der Waals surface area contributed by atoms with Gasteiger partial charge >= 0.3 is 0 Å². The predicted molar refractivity (Wildman–Crippen MR) is 61.7 cm³/mol. The van der Waals surface area contributed by atoms with Gasteiger partial charge < -0.3 is 4.42 Å². The van der Waals surface area contributed by atoms with E-state index in [1.807, 2.05) is 18.2 Å². The molecule has 1 unspecified atom stereocenters. The van der Waals surface area contributed by atoms with Crippen LogP contribution < -0.4 is 11.3 Å². The summed E-state index contributed by atoms with van der Waals surface area (Å²) in [4.78, 5) is 4.05. The van der Waals surface area contributed by atoms with Crippen molar-refractivity contribution in [2.75, 3.05) is 0 Å². The van der Waals surface area contributed by atoms with Gasteiger partial charge in [-0.3, -0.25) is 16.3 Å². The molecule has 2 aromatic heterocycles. The average molecular weight is 238 g/mol. The molecule has 0 fully saturated rings. The highest BCUT2D eigenvalue weighted by Gasteiger charge is 2.16. The molecule has 0 saturated heterocycles. The van der Waals surface area contributed by atoms with Gasteiger partial charge in [-0.05, 0) is 35.7 Å². The highest BCUT2D eigenvalue weighted by molar-refractivity contribution is 6.29. The summed E-state index contributed by atoms with van der Waals surface area (Å²) in [7, 11) is 0. The molecule has 0 bridgehead atoms. The summed E-state index contributed by atoms with van der Waals surface area (Å²) >= 11 is 5.90. The molecule has 2 heterocycles. The Morgan fingerprint density at radius 3 is 2.94 bits per heavy atom. The van der Waals surface area contributed by atoms with Crippen LogP contribution in [0.15, 0.2) is 41.3 Å². The number of nitrogens with one attached hydrogen (secondary N) is 1. The molecule has 84 valence electrons. The zero-order valence-electron chi connectivity index (χ0n) is 8.56. The fraction of sp³-hybridized carbons (Fsp3) is 0.182. The Hall–Kier alpha value is -1.36. The van der Waals surface area contributed by atoms with Crippen molar-refractivity contribution in [3.63, 3.8) is 0 Å². The molecule has 0 amide bonds. The van der Waals surface area contributed by atoms with Gasteiger partial charge in [0.15, 0.2) is 5.22 Å². The maximum absolute atomic E-state index is 5.90. The number of hydrogen-bond donors (Lipinski definition) is 2. The zero-order valence-corrected chi connectivity index (χ0v) is 9.32. The number of hydrazine groups is 1. The van der Waals surface area contributed by atoms with E-state index >= 15 is 0 Å². The van der Waals surface area contributed by atoms with Crippen LogP contribution in [0.1, 0.15) is 17.2 Å². The van der Waals surface area contributed by atoms with Gasteiger partial charge in [0.1, 0.15) is 0 Å². The number of rotatable bonds is 4. The topological polar surface area (TPSA) is 64.1 Å². The number of pyridine rings is 1. The summed E-state index contributed by atoms with van der Waals surface area (Å²) < 4.78 is 5.04. The summed E-state index contributed by atoms with van der Waals surface area (Å²) in [5, 5.41) is 0.367. The second-order valence-electron chi connectivity index (χ2n) is 3.43. The van der Waals surface area contributed by atoms with Gasteiger partial charge in [-0.2, -0.15) is 0 Å². The largest absolute Gasteiger partial charge is 0.453 e. The van der Waals surface area contributed by atoms with Crippen LogP contribution in [0, 0.1) is 0 Å². The quantitative estimate of drug-likeness (QED) is 0.631. The van der Waals surface area contributed by atoms with Gasteiger partial charge in [-0.15, -0.1) is 0 Å². The van der Waals surface area contributed by atoms with E-state index < -0.39 is 0 Å². The molecule has 2 aromatic rings. The lowest BCUT2D eigenvalue weighted by molar-refractivity contribution is 0.526. The Kier molecular flexibility index (Phi) is 3.56. The molecule has 0 aromatic carbocycles. The fourth-order valence-electron chi connectivity index (χ4n) is 1.57. The maximum atomic E-state index is 5.90. The van der Waals surface area contributed by atoms with E-state index in [0.29, 0.717) is 11.6 Å². The van der Waals surface area contributed by atoms with Crippen molar-refractivity contribution in [1.29, 1.82) is 0 Å². The number of aromatic nitrogens is 1. The first kappa shape index (κ1) is 11.1. The van der Waals surface area contributed by atoms with Crippen molar-refractivity contribution >= 4 is 11.6 Å². The molecular weight excluding hydrogens is 226 g/mol. The van der Waals surface area contributed by atoms with E-state index in [2.05, 4.69) is 10.4 Å². The fourth-order valence-corrected chi connectivity index (χ4v) is 1.81. The van der Waals surface area contributed by atoms with Gasteiger partial charge in [-0.1, -0.05) is 6.07 Å². The van der Waals surface area contributed by atoms with E-state index in [4.69, 9.17) is 21.9 Å². The normalized spacial score (nSPS) is 12.6. The van der Waals surface area contributed by atoms with E-state index in [-0.39, 0.29) is 6.04 Å². The van der Waals surface area contributed by atoms with Gasteiger partial charge in [0.2, 0.25) is 0 Å². The van der Waals surface area contributed by atoms with Crippen LogP contribution >= 0.6 is 11.6 Å². The lowest BCUT2D eigenvalue weighted by Gasteiger charge is -2.14. The molecule has 5 heteroatoms. The second kappa shape index (κ2) is 5.12. The molecular formula is C11H12ClN3O. The second-order valence-corrected chi connectivity index (χ2v) is 3.78. The molecule has 0 saturated carbocycles. The van der Waals surface area contributed by atoms with E-state index in [1.54, 1.807) is 18.7 Å². The van der Waals surface area contributed by atoms with Gasteiger partial charge in [0.25, 0.3) is 0 Å². The number of hydrogen-bond acceptors (Lipinski definition) is 4. The van der Waals surface area contributed by atoms with Crippen molar-refractivity contribution in [3.8, 4) is 0 Å². The Balaban J connectivity index is 2.16. The van der Waals surface area contributed by atoms with Crippen LogP contribution in [0.3, 0.4) is 0 Å².